The second kappa shape index (κ2) is 7.17. The van der Waals surface area contributed by atoms with Crippen LogP contribution >= 0.6 is 0 Å². The van der Waals surface area contributed by atoms with Crippen molar-refractivity contribution in [3.63, 3.8) is 0 Å². The molecule has 1 aromatic rings. The molecule has 3 heteroatoms. The van der Waals surface area contributed by atoms with Crippen molar-refractivity contribution in [1.29, 1.82) is 0 Å². The Labute approximate surface area is 104 Å². The summed E-state index contributed by atoms with van der Waals surface area (Å²) < 4.78 is 10.6. The molecule has 17 heavy (non-hydrogen) atoms. The monoisotopic (exact) mass is 237 g/mol. The smallest absolute Gasteiger partial charge is 0.122 e. The molecule has 0 aliphatic rings. The quantitative estimate of drug-likeness (QED) is 0.739. The second-order valence-corrected chi connectivity index (χ2v) is 4.53. The first kappa shape index (κ1) is 13.8. The lowest BCUT2D eigenvalue weighted by atomic mass is 10.1. The van der Waals surface area contributed by atoms with E-state index >= 15 is 0 Å². The Kier molecular flexibility index (Phi) is 5.84. The zero-order chi connectivity index (χ0) is 12.7. The minimum atomic E-state index is 0.683. The lowest BCUT2D eigenvalue weighted by molar-refractivity contribution is 0.398. The molecule has 1 rings (SSSR count). The van der Waals surface area contributed by atoms with Crippen LogP contribution in [0.1, 0.15) is 19.4 Å². The Hall–Kier alpha value is -1.22. The first-order valence-corrected chi connectivity index (χ1v) is 6.09. The highest BCUT2D eigenvalue weighted by Gasteiger charge is 2.04. The molecule has 1 N–H and O–H groups in total. The van der Waals surface area contributed by atoms with E-state index in [-0.39, 0.29) is 0 Å². The van der Waals surface area contributed by atoms with Crippen LogP contribution in [0, 0.1) is 5.92 Å². The Balaban J connectivity index is 2.55. The molecule has 0 heterocycles. The summed E-state index contributed by atoms with van der Waals surface area (Å²) in [6, 6.07) is 5.91. The molecule has 96 valence electrons. The Morgan fingerprint density at radius 2 is 1.94 bits per heavy atom. The van der Waals surface area contributed by atoms with Crippen molar-refractivity contribution >= 4 is 0 Å². The molecule has 0 spiro atoms. The average Bonchev–Trinajstić information content (AvgIpc) is 2.34. The predicted molar refractivity (Wildman–Crippen MR) is 71.0 cm³/mol. The summed E-state index contributed by atoms with van der Waals surface area (Å²) in [7, 11) is 3.38. The third-order valence-corrected chi connectivity index (χ3v) is 2.61. The normalized spacial score (nSPS) is 10.6. The topological polar surface area (TPSA) is 30.5 Å². The number of hydrogen-bond donors (Lipinski definition) is 1. The van der Waals surface area contributed by atoms with Gasteiger partial charge in [0.15, 0.2) is 0 Å². The van der Waals surface area contributed by atoms with Gasteiger partial charge in [0.2, 0.25) is 0 Å². The highest BCUT2D eigenvalue weighted by atomic mass is 16.5. The van der Waals surface area contributed by atoms with Gasteiger partial charge >= 0.3 is 0 Å². The predicted octanol–water partition coefficient (Wildman–Crippen LogP) is 2.49. The largest absolute Gasteiger partial charge is 0.497 e. The van der Waals surface area contributed by atoms with Crippen molar-refractivity contribution in [3.8, 4) is 11.5 Å². The molecule has 0 aliphatic carbocycles. The Bertz CT molecular complexity index is 337. The lowest BCUT2D eigenvalue weighted by Crippen LogP contribution is -2.22. The van der Waals surface area contributed by atoms with Gasteiger partial charge in [-0.25, -0.2) is 0 Å². The summed E-state index contributed by atoms with van der Waals surface area (Å²) in [4.78, 5) is 0. The van der Waals surface area contributed by atoms with Gasteiger partial charge in [0.1, 0.15) is 11.5 Å². The minimum Gasteiger partial charge on any atom is -0.497 e. The molecule has 0 atom stereocenters. The highest BCUT2D eigenvalue weighted by Crippen LogP contribution is 2.24. The zero-order valence-electron chi connectivity index (χ0n) is 11.2. The number of methoxy groups -OCH3 is 2. The van der Waals surface area contributed by atoms with Gasteiger partial charge < -0.3 is 14.8 Å². The Morgan fingerprint density at radius 1 is 1.18 bits per heavy atom. The van der Waals surface area contributed by atoms with Crippen LogP contribution in [0.15, 0.2) is 18.2 Å². The SMILES string of the molecule is COc1ccc(OC)c(CCNCC(C)C)c1. The molecular formula is C14H23NO2. The fourth-order valence-corrected chi connectivity index (χ4v) is 1.69. The number of hydrogen-bond acceptors (Lipinski definition) is 3. The summed E-state index contributed by atoms with van der Waals surface area (Å²) in [5, 5.41) is 3.43. The third kappa shape index (κ3) is 4.65. The molecule has 1 aromatic carbocycles. The maximum absolute atomic E-state index is 5.34. The van der Waals surface area contributed by atoms with Crippen molar-refractivity contribution in [1.82, 2.24) is 5.32 Å². The zero-order valence-corrected chi connectivity index (χ0v) is 11.2. The van der Waals surface area contributed by atoms with Gasteiger partial charge in [0.25, 0.3) is 0 Å². The minimum absolute atomic E-state index is 0.683. The van der Waals surface area contributed by atoms with E-state index in [1.807, 2.05) is 18.2 Å². The molecule has 0 amide bonds. The molecule has 0 unspecified atom stereocenters. The van der Waals surface area contributed by atoms with Crippen molar-refractivity contribution < 1.29 is 9.47 Å². The summed E-state index contributed by atoms with van der Waals surface area (Å²) in [6.07, 6.45) is 0.951. The standard InChI is InChI=1S/C14H23NO2/c1-11(2)10-15-8-7-12-9-13(16-3)5-6-14(12)17-4/h5-6,9,11,15H,7-8,10H2,1-4H3. The van der Waals surface area contributed by atoms with Crippen LogP contribution < -0.4 is 14.8 Å². The maximum atomic E-state index is 5.34. The maximum Gasteiger partial charge on any atom is 0.122 e. The molecule has 0 fully saturated rings. The van der Waals surface area contributed by atoms with Crippen molar-refractivity contribution in [3.05, 3.63) is 23.8 Å². The first-order valence-electron chi connectivity index (χ1n) is 6.09. The summed E-state index contributed by atoms with van der Waals surface area (Å²) in [5.41, 5.74) is 1.18. The van der Waals surface area contributed by atoms with Gasteiger partial charge in [0, 0.05) is 0 Å². The van der Waals surface area contributed by atoms with Gasteiger partial charge in [0.05, 0.1) is 14.2 Å². The average molecular weight is 237 g/mol. The number of rotatable bonds is 7. The molecule has 0 saturated heterocycles. The molecule has 0 saturated carbocycles. The van der Waals surface area contributed by atoms with Gasteiger partial charge in [-0.1, -0.05) is 13.8 Å². The summed E-state index contributed by atoms with van der Waals surface area (Å²) in [5.74, 6) is 2.49. The molecule has 3 nitrogen and oxygen atoms in total. The summed E-state index contributed by atoms with van der Waals surface area (Å²) >= 11 is 0. The fourth-order valence-electron chi connectivity index (χ4n) is 1.69. The van der Waals surface area contributed by atoms with Crippen LogP contribution in [0.2, 0.25) is 0 Å². The van der Waals surface area contributed by atoms with E-state index < -0.39 is 0 Å². The fraction of sp³-hybridized carbons (Fsp3) is 0.571. The van der Waals surface area contributed by atoms with Crippen LogP contribution in [-0.2, 0) is 6.42 Å². The number of nitrogens with one attached hydrogen (secondary N) is 1. The van der Waals surface area contributed by atoms with E-state index in [4.69, 9.17) is 9.47 Å². The number of ether oxygens (including phenoxy) is 2. The molecule has 0 bridgehead atoms. The first-order chi connectivity index (χ1) is 8.17. The van der Waals surface area contributed by atoms with E-state index in [2.05, 4.69) is 19.2 Å². The van der Waals surface area contributed by atoms with Crippen LogP contribution in [0.25, 0.3) is 0 Å². The van der Waals surface area contributed by atoms with Crippen LogP contribution in [0.5, 0.6) is 11.5 Å². The van der Waals surface area contributed by atoms with E-state index in [0.29, 0.717) is 5.92 Å². The van der Waals surface area contributed by atoms with Crippen LogP contribution in [0.3, 0.4) is 0 Å². The highest BCUT2D eigenvalue weighted by molar-refractivity contribution is 5.40. The van der Waals surface area contributed by atoms with Crippen LogP contribution in [0.4, 0.5) is 0 Å². The van der Waals surface area contributed by atoms with Crippen molar-refractivity contribution in [2.45, 2.75) is 20.3 Å². The molecular weight excluding hydrogens is 214 g/mol. The van der Waals surface area contributed by atoms with E-state index in [1.165, 1.54) is 5.56 Å². The molecule has 0 radical (unpaired) electrons. The lowest BCUT2D eigenvalue weighted by Gasteiger charge is -2.11. The second-order valence-electron chi connectivity index (χ2n) is 4.53. The van der Waals surface area contributed by atoms with Crippen molar-refractivity contribution in [2.24, 2.45) is 5.92 Å². The van der Waals surface area contributed by atoms with E-state index in [9.17, 15) is 0 Å². The van der Waals surface area contributed by atoms with E-state index in [0.717, 1.165) is 31.0 Å². The third-order valence-electron chi connectivity index (χ3n) is 2.61. The van der Waals surface area contributed by atoms with Crippen LogP contribution in [-0.4, -0.2) is 27.3 Å². The summed E-state index contributed by atoms with van der Waals surface area (Å²) in [6.45, 7) is 6.42. The van der Waals surface area contributed by atoms with Crippen molar-refractivity contribution in [2.75, 3.05) is 27.3 Å². The Morgan fingerprint density at radius 3 is 2.53 bits per heavy atom. The van der Waals surface area contributed by atoms with Gasteiger partial charge in [-0.2, -0.15) is 0 Å². The van der Waals surface area contributed by atoms with Gasteiger partial charge in [-0.3, -0.25) is 0 Å². The molecule has 0 aromatic heterocycles. The van der Waals surface area contributed by atoms with Gasteiger partial charge in [-0.15, -0.1) is 0 Å². The molecule has 0 aliphatic heterocycles. The van der Waals surface area contributed by atoms with E-state index in [1.54, 1.807) is 14.2 Å². The number of benzene rings is 1. The van der Waals surface area contributed by atoms with Gasteiger partial charge in [-0.05, 0) is 49.2 Å².